The highest BCUT2D eigenvalue weighted by molar-refractivity contribution is 9.10. The van der Waals surface area contributed by atoms with Crippen LogP contribution in [0.3, 0.4) is 0 Å². The zero-order valence-electron chi connectivity index (χ0n) is 11.6. The second-order valence-electron chi connectivity index (χ2n) is 4.70. The number of carbonyl (C=O) groups is 1. The van der Waals surface area contributed by atoms with Crippen LogP contribution in [0, 0.1) is 16.0 Å². The second kappa shape index (κ2) is 7.35. The van der Waals surface area contributed by atoms with Crippen molar-refractivity contribution in [1.82, 2.24) is 5.32 Å². The van der Waals surface area contributed by atoms with Gasteiger partial charge in [0.05, 0.1) is 12.0 Å². The van der Waals surface area contributed by atoms with E-state index in [1.165, 1.54) is 19.2 Å². The van der Waals surface area contributed by atoms with Crippen molar-refractivity contribution in [2.75, 3.05) is 7.11 Å². The van der Waals surface area contributed by atoms with Gasteiger partial charge >= 0.3 is 5.97 Å². The van der Waals surface area contributed by atoms with Gasteiger partial charge in [0.1, 0.15) is 6.04 Å². The molecule has 0 saturated carbocycles. The lowest BCUT2D eigenvalue weighted by Crippen LogP contribution is -2.41. The van der Waals surface area contributed by atoms with E-state index >= 15 is 0 Å². The van der Waals surface area contributed by atoms with Gasteiger partial charge in [0, 0.05) is 23.2 Å². The molecule has 6 nitrogen and oxygen atoms in total. The minimum Gasteiger partial charge on any atom is -0.468 e. The maximum Gasteiger partial charge on any atom is 0.323 e. The van der Waals surface area contributed by atoms with Crippen molar-refractivity contribution < 1.29 is 14.5 Å². The fourth-order valence-electron chi connectivity index (χ4n) is 1.79. The van der Waals surface area contributed by atoms with Crippen LogP contribution in [-0.4, -0.2) is 24.0 Å². The number of hydrogen-bond donors (Lipinski definition) is 1. The summed E-state index contributed by atoms with van der Waals surface area (Å²) in [6.45, 7) is 4.15. The number of ether oxygens (including phenoxy) is 1. The molecule has 7 heteroatoms. The normalized spacial score (nSPS) is 12.2. The van der Waals surface area contributed by atoms with Gasteiger partial charge < -0.3 is 10.1 Å². The van der Waals surface area contributed by atoms with Crippen molar-refractivity contribution >= 4 is 27.6 Å². The number of nitrogens with one attached hydrogen (secondary N) is 1. The standard InChI is InChI=1S/C13H17BrN2O4/c1-8(2)12(13(17)20-3)15-7-9-4-10(14)6-11(5-9)16(18)19/h4-6,8,12,15H,7H2,1-3H3. The number of nitro groups is 1. The largest absolute Gasteiger partial charge is 0.468 e. The number of hydrogen-bond acceptors (Lipinski definition) is 5. The van der Waals surface area contributed by atoms with E-state index in [4.69, 9.17) is 4.74 Å². The quantitative estimate of drug-likeness (QED) is 0.487. The highest BCUT2D eigenvalue weighted by Crippen LogP contribution is 2.21. The molecule has 0 bridgehead atoms. The van der Waals surface area contributed by atoms with Crippen LogP contribution in [0.1, 0.15) is 19.4 Å². The van der Waals surface area contributed by atoms with E-state index < -0.39 is 11.0 Å². The monoisotopic (exact) mass is 344 g/mol. The molecule has 1 atom stereocenters. The van der Waals surface area contributed by atoms with Crippen molar-refractivity contribution in [3.05, 3.63) is 38.3 Å². The van der Waals surface area contributed by atoms with Crippen LogP contribution < -0.4 is 5.32 Å². The van der Waals surface area contributed by atoms with Crippen LogP contribution in [0.2, 0.25) is 0 Å². The zero-order chi connectivity index (χ0) is 15.3. The van der Waals surface area contributed by atoms with Gasteiger partial charge in [-0.3, -0.25) is 14.9 Å². The van der Waals surface area contributed by atoms with Crippen LogP contribution in [0.5, 0.6) is 0 Å². The number of halogens is 1. The fraction of sp³-hybridized carbons (Fsp3) is 0.462. The molecule has 1 unspecified atom stereocenters. The molecule has 0 saturated heterocycles. The molecular weight excluding hydrogens is 328 g/mol. The summed E-state index contributed by atoms with van der Waals surface area (Å²) in [6, 6.07) is 4.24. The third kappa shape index (κ3) is 4.57. The van der Waals surface area contributed by atoms with Gasteiger partial charge in [-0.15, -0.1) is 0 Å². The molecule has 0 fully saturated rings. The number of rotatable bonds is 6. The van der Waals surface area contributed by atoms with Crippen LogP contribution >= 0.6 is 15.9 Å². The summed E-state index contributed by atoms with van der Waals surface area (Å²) in [5.74, 6) is -0.283. The van der Waals surface area contributed by atoms with Gasteiger partial charge in [-0.1, -0.05) is 29.8 Å². The van der Waals surface area contributed by atoms with E-state index in [1.807, 2.05) is 13.8 Å². The number of methoxy groups -OCH3 is 1. The van der Waals surface area contributed by atoms with E-state index in [2.05, 4.69) is 21.2 Å². The average Bonchev–Trinajstić information content (AvgIpc) is 2.37. The lowest BCUT2D eigenvalue weighted by molar-refractivity contribution is -0.385. The minimum absolute atomic E-state index is 0.00957. The maximum absolute atomic E-state index is 11.6. The van der Waals surface area contributed by atoms with Crippen LogP contribution in [0.15, 0.2) is 22.7 Å². The topological polar surface area (TPSA) is 81.5 Å². The van der Waals surface area contributed by atoms with Gasteiger partial charge in [-0.25, -0.2) is 0 Å². The lowest BCUT2D eigenvalue weighted by Gasteiger charge is -2.19. The molecule has 1 aromatic rings. The Bertz CT molecular complexity index is 505. The zero-order valence-corrected chi connectivity index (χ0v) is 13.1. The lowest BCUT2D eigenvalue weighted by atomic mass is 10.0. The first-order valence-corrected chi connectivity index (χ1v) is 6.89. The Morgan fingerprint density at radius 2 is 2.10 bits per heavy atom. The first-order valence-electron chi connectivity index (χ1n) is 6.10. The molecule has 1 rings (SSSR count). The van der Waals surface area contributed by atoms with Gasteiger partial charge in [0.25, 0.3) is 5.69 Å². The molecule has 0 radical (unpaired) electrons. The Kier molecular flexibility index (Phi) is 6.09. The van der Waals surface area contributed by atoms with Crippen molar-refractivity contribution in [2.24, 2.45) is 5.92 Å². The molecule has 0 amide bonds. The minimum atomic E-state index is -0.450. The van der Waals surface area contributed by atoms with Crippen molar-refractivity contribution in [3.63, 3.8) is 0 Å². The fourth-order valence-corrected chi connectivity index (χ4v) is 2.32. The Balaban J connectivity index is 2.82. The van der Waals surface area contributed by atoms with E-state index in [0.29, 0.717) is 11.0 Å². The maximum atomic E-state index is 11.6. The molecule has 0 aliphatic rings. The number of carbonyl (C=O) groups excluding carboxylic acids is 1. The summed E-state index contributed by atoms with van der Waals surface area (Å²) in [4.78, 5) is 22.0. The molecule has 0 aliphatic heterocycles. The van der Waals surface area contributed by atoms with E-state index in [0.717, 1.165) is 5.56 Å². The van der Waals surface area contributed by atoms with Gasteiger partial charge in [0.15, 0.2) is 0 Å². The smallest absolute Gasteiger partial charge is 0.323 e. The van der Waals surface area contributed by atoms with Gasteiger partial charge in [0.2, 0.25) is 0 Å². The molecule has 0 aliphatic carbocycles. The Morgan fingerprint density at radius 1 is 1.45 bits per heavy atom. The molecule has 0 aromatic heterocycles. The Labute approximate surface area is 125 Å². The number of benzene rings is 1. The van der Waals surface area contributed by atoms with E-state index in [9.17, 15) is 14.9 Å². The van der Waals surface area contributed by atoms with Crippen LogP contribution in [0.4, 0.5) is 5.69 Å². The number of non-ortho nitro benzene ring substituents is 1. The Hall–Kier alpha value is -1.47. The number of nitrogens with zero attached hydrogens (tertiary/aromatic N) is 1. The predicted octanol–water partition coefficient (Wildman–Crippen LogP) is 2.64. The molecule has 0 heterocycles. The third-order valence-electron chi connectivity index (χ3n) is 2.80. The van der Waals surface area contributed by atoms with E-state index in [1.54, 1.807) is 6.07 Å². The first-order chi connectivity index (χ1) is 9.35. The van der Waals surface area contributed by atoms with Gasteiger partial charge in [-0.2, -0.15) is 0 Å². The summed E-state index contributed by atoms with van der Waals surface area (Å²) in [7, 11) is 1.34. The van der Waals surface area contributed by atoms with Gasteiger partial charge in [-0.05, 0) is 17.5 Å². The molecule has 20 heavy (non-hydrogen) atoms. The second-order valence-corrected chi connectivity index (χ2v) is 5.62. The molecule has 0 spiro atoms. The molecule has 1 N–H and O–H groups in total. The highest BCUT2D eigenvalue weighted by atomic mass is 79.9. The summed E-state index contributed by atoms with van der Waals surface area (Å²) in [5, 5.41) is 13.9. The SMILES string of the molecule is COC(=O)C(NCc1cc(Br)cc([N+](=O)[O-])c1)C(C)C. The molecule has 1 aromatic carbocycles. The van der Waals surface area contributed by atoms with E-state index in [-0.39, 0.29) is 17.6 Å². The predicted molar refractivity (Wildman–Crippen MR) is 78.3 cm³/mol. The van der Waals surface area contributed by atoms with Crippen LogP contribution in [-0.2, 0) is 16.1 Å². The van der Waals surface area contributed by atoms with Crippen molar-refractivity contribution in [1.29, 1.82) is 0 Å². The molecular formula is C13H17BrN2O4. The summed E-state index contributed by atoms with van der Waals surface area (Å²) in [6.07, 6.45) is 0. The molecule has 110 valence electrons. The first kappa shape index (κ1) is 16.6. The summed E-state index contributed by atoms with van der Waals surface area (Å²) < 4.78 is 5.36. The number of esters is 1. The Morgan fingerprint density at radius 3 is 2.60 bits per heavy atom. The number of nitro benzene ring substituents is 1. The highest BCUT2D eigenvalue weighted by Gasteiger charge is 2.22. The van der Waals surface area contributed by atoms with Crippen molar-refractivity contribution in [2.45, 2.75) is 26.4 Å². The average molecular weight is 345 g/mol. The third-order valence-corrected chi connectivity index (χ3v) is 3.26. The van der Waals surface area contributed by atoms with Crippen LogP contribution in [0.25, 0.3) is 0 Å². The summed E-state index contributed by atoms with van der Waals surface area (Å²) in [5.41, 5.74) is 0.732. The summed E-state index contributed by atoms with van der Waals surface area (Å²) >= 11 is 3.24. The van der Waals surface area contributed by atoms with Crippen molar-refractivity contribution in [3.8, 4) is 0 Å².